The average Bonchev–Trinajstić information content (AvgIpc) is 3.34. The zero-order chi connectivity index (χ0) is 28.1. The minimum atomic E-state index is -4.95. The van der Waals surface area contributed by atoms with Crippen LogP contribution in [0.15, 0.2) is 78.9 Å². The van der Waals surface area contributed by atoms with E-state index in [0.29, 0.717) is 19.5 Å². The van der Waals surface area contributed by atoms with Crippen LogP contribution in [0.2, 0.25) is 0 Å². The average molecular weight is 550 g/mol. The lowest BCUT2D eigenvalue weighted by Crippen LogP contribution is -2.47. The highest BCUT2D eigenvalue weighted by Gasteiger charge is 2.43. The summed E-state index contributed by atoms with van der Waals surface area (Å²) in [6.07, 6.45) is -4.49. The van der Waals surface area contributed by atoms with Gasteiger partial charge in [-0.3, -0.25) is 4.79 Å². The van der Waals surface area contributed by atoms with Crippen molar-refractivity contribution in [3.8, 4) is 11.4 Å². The van der Waals surface area contributed by atoms with Gasteiger partial charge in [-0.1, -0.05) is 49.4 Å². The van der Waals surface area contributed by atoms with Gasteiger partial charge in [-0.25, -0.2) is 4.98 Å². The highest BCUT2D eigenvalue weighted by Crippen LogP contribution is 2.29. The number of anilines is 1. The van der Waals surface area contributed by atoms with Crippen molar-refractivity contribution in [3.63, 3.8) is 0 Å². The van der Waals surface area contributed by atoms with Gasteiger partial charge >= 0.3 is 12.1 Å². The summed E-state index contributed by atoms with van der Waals surface area (Å²) in [5.41, 5.74) is 3.92. The maximum absolute atomic E-state index is 13.6. The summed E-state index contributed by atoms with van der Waals surface area (Å²) in [7, 11) is 0. The predicted molar refractivity (Wildman–Crippen MR) is 152 cm³/mol. The Morgan fingerprint density at radius 3 is 2.20 bits per heavy atom. The van der Waals surface area contributed by atoms with E-state index in [2.05, 4.69) is 21.3 Å². The predicted octanol–water partition coefficient (Wildman–Crippen LogP) is 5.67. The molecule has 0 N–H and O–H groups in total. The Bertz CT molecular complexity index is 1410. The first kappa shape index (κ1) is 27.9. The molecule has 4 aromatic rings. The molecule has 0 unspecified atom stereocenters. The summed E-state index contributed by atoms with van der Waals surface area (Å²) in [5, 5.41) is 0. The standard InChI is InChI=1S/C31H34F3N5O/c1-2-36-19-21-37(22-20-36)17-8-18-38(30(40)31(32,33)34)26-15-13-25(14-16-26)29-35-27-11-6-7-12-28(27)39(29)23-24-9-4-3-5-10-24/h3-7,9-16H,2,8,17-23H2,1H3. The molecule has 0 radical (unpaired) electrons. The fourth-order valence-corrected chi connectivity index (χ4v) is 5.29. The van der Waals surface area contributed by atoms with Gasteiger partial charge < -0.3 is 19.3 Å². The smallest absolute Gasteiger partial charge is 0.319 e. The highest BCUT2D eigenvalue weighted by molar-refractivity contribution is 5.97. The molecule has 0 bridgehead atoms. The third-order valence-corrected chi connectivity index (χ3v) is 7.53. The number of likely N-dealkylation sites (N-methyl/N-ethyl adjacent to an activating group) is 1. The zero-order valence-corrected chi connectivity index (χ0v) is 22.6. The number of para-hydroxylation sites is 2. The second-order valence-corrected chi connectivity index (χ2v) is 10.1. The Kier molecular flexibility index (Phi) is 8.52. The van der Waals surface area contributed by atoms with Gasteiger partial charge in [-0.15, -0.1) is 0 Å². The minimum absolute atomic E-state index is 0.00178. The molecule has 40 heavy (non-hydrogen) atoms. The van der Waals surface area contributed by atoms with E-state index in [1.807, 2.05) is 54.6 Å². The van der Waals surface area contributed by atoms with Gasteiger partial charge in [-0.05, 0) is 61.5 Å². The molecule has 1 fully saturated rings. The number of hydrogen-bond acceptors (Lipinski definition) is 4. The SMILES string of the molecule is CCN1CCN(CCCN(C(=O)C(F)(F)F)c2ccc(-c3nc4ccccc4n3Cc3ccccc3)cc2)CC1. The van der Waals surface area contributed by atoms with Gasteiger partial charge in [0.1, 0.15) is 5.82 Å². The van der Waals surface area contributed by atoms with E-state index in [0.717, 1.165) is 65.6 Å². The van der Waals surface area contributed by atoms with Crippen molar-refractivity contribution in [1.29, 1.82) is 0 Å². The van der Waals surface area contributed by atoms with Crippen molar-refractivity contribution in [2.24, 2.45) is 0 Å². The van der Waals surface area contributed by atoms with Crippen LogP contribution in [0.4, 0.5) is 18.9 Å². The number of aromatic nitrogens is 2. The van der Waals surface area contributed by atoms with Crippen molar-refractivity contribution in [1.82, 2.24) is 19.4 Å². The summed E-state index contributed by atoms with van der Waals surface area (Å²) in [6, 6.07) is 24.6. The molecule has 1 amide bonds. The molecule has 0 aliphatic carbocycles. The van der Waals surface area contributed by atoms with Gasteiger partial charge in [0, 0.05) is 50.5 Å². The topological polar surface area (TPSA) is 44.6 Å². The van der Waals surface area contributed by atoms with Crippen molar-refractivity contribution >= 4 is 22.6 Å². The number of carbonyl (C=O) groups is 1. The van der Waals surface area contributed by atoms with Crippen LogP contribution in [0.5, 0.6) is 0 Å². The minimum Gasteiger partial charge on any atom is -0.319 e. The molecule has 1 aliphatic heterocycles. The van der Waals surface area contributed by atoms with E-state index in [4.69, 9.17) is 4.98 Å². The molecule has 1 aliphatic rings. The number of halogens is 3. The fraction of sp³-hybridized carbons (Fsp3) is 0.355. The van der Waals surface area contributed by atoms with E-state index in [-0.39, 0.29) is 12.2 Å². The normalized spacial score (nSPS) is 15.0. The Morgan fingerprint density at radius 2 is 1.52 bits per heavy atom. The van der Waals surface area contributed by atoms with E-state index in [9.17, 15) is 18.0 Å². The van der Waals surface area contributed by atoms with E-state index < -0.39 is 12.1 Å². The van der Waals surface area contributed by atoms with E-state index >= 15 is 0 Å². The summed E-state index contributed by atoms with van der Waals surface area (Å²) in [6.45, 7) is 8.07. The number of imidazole rings is 1. The van der Waals surface area contributed by atoms with Crippen LogP contribution in [-0.4, -0.2) is 77.2 Å². The molecule has 5 rings (SSSR count). The number of carbonyl (C=O) groups excluding carboxylic acids is 1. The molecular formula is C31H34F3N5O. The highest BCUT2D eigenvalue weighted by atomic mass is 19.4. The summed E-state index contributed by atoms with van der Waals surface area (Å²) >= 11 is 0. The third-order valence-electron chi connectivity index (χ3n) is 7.53. The van der Waals surface area contributed by atoms with Gasteiger partial charge in [0.2, 0.25) is 0 Å². The van der Waals surface area contributed by atoms with Gasteiger partial charge in [0.05, 0.1) is 11.0 Å². The maximum Gasteiger partial charge on any atom is 0.471 e. The van der Waals surface area contributed by atoms with Crippen molar-refractivity contribution < 1.29 is 18.0 Å². The van der Waals surface area contributed by atoms with Crippen LogP contribution in [0.25, 0.3) is 22.4 Å². The monoisotopic (exact) mass is 549 g/mol. The van der Waals surface area contributed by atoms with Gasteiger partial charge in [-0.2, -0.15) is 13.2 Å². The molecule has 2 heterocycles. The van der Waals surface area contributed by atoms with Crippen LogP contribution in [0.3, 0.4) is 0 Å². The Morgan fingerprint density at radius 1 is 0.875 bits per heavy atom. The molecule has 0 saturated carbocycles. The first-order valence-electron chi connectivity index (χ1n) is 13.8. The molecule has 1 aromatic heterocycles. The Labute approximate surface area is 232 Å². The lowest BCUT2D eigenvalue weighted by atomic mass is 10.1. The second-order valence-electron chi connectivity index (χ2n) is 10.1. The van der Waals surface area contributed by atoms with Crippen LogP contribution >= 0.6 is 0 Å². The lowest BCUT2D eigenvalue weighted by Gasteiger charge is -2.34. The molecular weight excluding hydrogens is 515 g/mol. The Hall–Kier alpha value is -3.69. The zero-order valence-electron chi connectivity index (χ0n) is 22.6. The summed E-state index contributed by atoms with van der Waals surface area (Å²) in [4.78, 5) is 22.7. The van der Waals surface area contributed by atoms with E-state index in [1.165, 1.54) is 0 Å². The lowest BCUT2D eigenvalue weighted by molar-refractivity contribution is -0.170. The van der Waals surface area contributed by atoms with Crippen LogP contribution in [0.1, 0.15) is 18.9 Å². The molecule has 1 saturated heterocycles. The number of piperazine rings is 1. The molecule has 3 aromatic carbocycles. The molecule has 0 atom stereocenters. The van der Waals surface area contributed by atoms with Crippen LogP contribution < -0.4 is 4.90 Å². The first-order chi connectivity index (χ1) is 19.3. The Balaban J connectivity index is 1.37. The first-order valence-corrected chi connectivity index (χ1v) is 13.8. The number of fused-ring (bicyclic) bond motifs is 1. The summed E-state index contributed by atoms with van der Waals surface area (Å²) < 4.78 is 42.8. The van der Waals surface area contributed by atoms with Crippen molar-refractivity contribution in [2.45, 2.75) is 26.1 Å². The number of hydrogen-bond donors (Lipinski definition) is 0. The molecule has 0 spiro atoms. The second kappa shape index (κ2) is 12.2. The molecule has 9 heteroatoms. The largest absolute Gasteiger partial charge is 0.471 e. The number of nitrogens with zero attached hydrogens (tertiary/aromatic N) is 5. The number of benzene rings is 3. The fourth-order valence-electron chi connectivity index (χ4n) is 5.29. The summed E-state index contributed by atoms with van der Waals surface area (Å²) in [5.74, 6) is -1.12. The van der Waals surface area contributed by atoms with E-state index in [1.54, 1.807) is 24.3 Å². The van der Waals surface area contributed by atoms with Gasteiger partial charge in [0.25, 0.3) is 0 Å². The number of alkyl halides is 3. The molecule has 6 nitrogen and oxygen atoms in total. The quantitative estimate of drug-likeness (QED) is 0.270. The van der Waals surface area contributed by atoms with Crippen molar-refractivity contribution in [3.05, 3.63) is 84.4 Å². The number of rotatable bonds is 9. The molecule has 210 valence electrons. The maximum atomic E-state index is 13.6. The van der Waals surface area contributed by atoms with Gasteiger partial charge in [0.15, 0.2) is 0 Å². The number of amides is 1. The third kappa shape index (κ3) is 6.37. The van der Waals surface area contributed by atoms with Crippen molar-refractivity contribution in [2.75, 3.05) is 50.7 Å². The van der Waals surface area contributed by atoms with Crippen LogP contribution in [-0.2, 0) is 11.3 Å². The van der Waals surface area contributed by atoms with Crippen LogP contribution in [0, 0.1) is 0 Å².